The van der Waals surface area contributed by atoms with Crippen molar-refractivity contribution in [3.63, 3.8) is 0 Å². The van der Waals surface area contributed by atoms with Crippen LogP contribution in [-0.2, 0) is 0 Å². The Hall–Kier alpha value is -2.04. The minimum absolute atomic E-state index is 0.325. The maximum Gasteiger partial charge on any atom is 0.145 e. The van der Waals surface area contributed by atoms with E-state index in [9.17, 15) is 4.39 Å². The lowest BCUT2D eigenvalue weighted by Crippen LogP contribution is -2.19. The molecule has 1 aromatic heterocycles. The van der Waals surface area contributed by atoms with E-state index in [0.717, 1.165) is 0 Å². The standard InChI is InChI=1S/C14H16FN3O/c15-11-4-10(13-7-14(16)18-17-13)5-12(6-11)19-8-9-2-1-3-9/h4-7,9H,1-3,8H2,(H3,16,17,18). The first-order valence-corrected chi connectivity index (χ1v) is 6.45. The SMILES string of the molecule is Nc1cc(-c2cc(F)cc(OCC3CCC3)c2)[nH]n1. The van der Waals surface area contributed by atoms with Crippen molar-refractivity contribution < 1.29 is 9.13 Å². The van der Waals surface area contributed by atoms with Gasteiger partial charge in [-0.1, -0.05) is 6.42 Å². The highest BCUT2D eigenvalue weighted by molar-refractivity contribution is 5.63. The Balaban J connectivity index is 1.78. The van der Waals surface area contributed by atoms with Gasteiger partial charge < -0.3 is 10.5 Å². The first-order valence-electron chi connectivity index (χ1n) is 6.45. The van der Waals surface area contributed by atoms with Crippen LogP contribution < -0.4 is 10.5 Å². The molecule has 1 aromatic carbocycles. The normalized spacial score (nSPS) is 15.2. The molecule has 1 fully saturated rings. The number of aromatic nitrogens is 2. The molecule has 5 heteroatoms. The number of nitrogens with two attached hydrogens (primary N) is 1. The van der Waals surface area contributed by atoms with Crippen molar-refractivity contribution >= 4 is 5.82 Å². The minimum Gasteiger partial charge on any atom is -0.493 e. The Morgan fingerprint density at radius 2 is 2.16 bits per heavy atom. The molecule has 0 saturated heterocycles. The van der Waals surface area contributed by atoms with Crippen molar-refractivity contribution in [2.24, 2.45) is 5.92 Å². The van der Waals surface area contributed by atoms with Crippen molar-refractivity contribution in [3.05, 3.63) is 30.1 Å². The highest BCUT2D eigenvalue weighted by atomic mass is 19.1. The molecular weight excluding hydrogens is 245 g/mol. The summed E-state index contributed by atoms with van der Waals surface area (Å²) >= 11 is 0. The predicted octanol–water partition coefficient (Wildman–Crippen LogP) is 2.98. The second-order valence-corrected chi connectivity index (χ2v) is 4.99. The van der Waals surface area contributed by atoms with Crippen molar-refractivity contribution in [2.75, 3.05) is 12.3 Å². The third-order valence-corrected chi connectivity index (χ3v) is 3.49. The van der Waals surface area contributed by atoms with Gasteiger partial charge in [0.15, 0.2) is 0 Å². The van der Waals surface area contributed by atoms with Gasteiger partial charge in [-0.05, 0) is 30.9 Å². The summed E-state index contributed by atoms with van der Waals surface area (Å²) in [5.41, 5.74) is 6.92. The molecule has 1 aliphatic carbocycles. The number of benzene rings is 1. The number of aromatic amines is 1. The summed E-state index contributed by atoms with van der Waals surface area (Å²) in [6.45, 7) is 0.661. The molecule has 4 nitrogen and oxygen atoms in total. The van der Waals surface area contributed by atoms with Crippen LogP contribution in [0.4, 0.5) is 10.2 Å². The van der Waals surface area contributed by atoms with Crippen LogP contribution in [0.15, 0.2) is 24.3 Å². The Morgan fingerprint density at radius 1 is 1.32 bits per heavy atom. The average molecular weight is 261 g/mol. The van der Waals surface area contributed by atoms with Gasteiger partial charge in [0.25, 0.3) is 0 Å². The summed E-state index contributed by atoms with van der Waals surface area (Å²) in [6.07, 6.45) is 3.69. The van der Waals surface area contributed by atoms with E-state index in [1.165, 1.54) is 31.4 Å². The molecule has 3 N–H and O–H groups in total. The quantitative estimate of drug-likeness (QED) is 0.889. The van der Waals surface area contributed by atoms with Crippen LogP contribution in [0.2, 0.25) is 0 Å². The van der Waals surface area contributed by atoms with E-state index in [2.05, 4.69) is 10.2 Å². The van der Waals surface area contributed by atoms with Crippen LogP contribution in [0.1, 0.15) is 19.3 Å². The zero-order chi connectivity index (χ0) is 13.2. The number of nitrogen functional groups attached to an aromatic ring is 1. The fraction of sp³-hybridized carbons (Fsp3) is 0.357. The van der Waals surface area contributed by atoms with Crippen LogP contribution in [0.25, 0.3) is 11.3 Å². The van der Waals surface area contributed by atoms with Crippen LogP contribution in [0.3, 0.4) is 0 Å². The number of ether oxygens (including phenoxy) is 1. The van der Waals surface area contributed by atoms with Crippen LogP contribution in [0, 0.1) is 11.7 Å². The third-order valence-electron chi connectivity index (χ3n) is 3.49. The van der Waals surface area contributed by atoms with E-state index in [1.807, 2.05) is 0 Å². The van der Waals surface area contributed by atoms with Gasteiger partial charge in [-0.25, -0.2) is 4.39 Å². The molecular formula is C14H16FN3O. The minimum atomic E-state index is -0.325. The lowest BCUT2D eigenvalue weighted by Gasteiger charge is -2.25. The number of hydrogen-bond acceptors (Lipinski definition) is 3. The topological polar surface area (TPSA) is 63.9 Å². The highest BCUT2D eigenvalue weighted by Crippen LogP contribution is 2.29. The zero-order valence-electron chi connectivity index (χ0n) is 10.5. The molecule has 100 valence electrons. The summed E-state index contributed by atoms with van der Waals surface area (Å²) in [4.78, 5) is 0. The lowest BCUT2D eigenvalue weighted by atomic mass is 9.86. The summed E-state index contributed by atoms with van der Waals surface area (Å²) in [5.74, 6) is 1.23. The number of H-pyrrole nitrogens is 1. The number of nitrogens with zero attached hydrogens (tertiary/aromatic N) is 1. The molecule has 1 saturated carbocycles. The number of nitrogens with one attached hydrogen (secondary N) is 1. The highest BCUT2D eigenvalue weighted by Gasteiger charge is 2.18. The van der Waals surface area contributed by atoms with Gasteiger partial charge in [-0.15, -0.1) is 0 Å². The maximum absolute atomic E-state index is 13.6. The van der Waals surface area contributed by atoms with Crippen molar-refractivity contribution in [2.45, 2.75) is 19.3 Å². The summed E-state index contributed by atoms with van der Waals surface area (Å²) in [7, 11) is 0. The molecule has 1 aliphatic rings. The molecule has 0 unspecified atom stereocenters. The van der Waals surface area contributed by atoms with Crippen LogP contribution in [-0.4, -0.2) is 16.8 Å². The van der Waals surface area contributed by atoms with E-state index in [-0.39, 0.29) is 5.82 Å². The summed E-state index contributed by atoms with van der Waals surface area (Å²) in [5, 5.41) is 6.60. The van der Waals surface area contributed by atoms with Gasteiger partial charge in [0.2, 0.25) is 0 Å². The molecule has 19 heavy (non-hydrogen) atoms. The molecule has 0 spiro atoms. The molecule has 1 heterocycles. The fourth-order valence-electron chi connectivity index (χ4n) is 2.16. The molecule has 0 aliphatic heterocycles. The summed E-state index contributed by atoms with van der Waals surface area (Å²) in [6, 6.07) is 6.31. The van der Waals surface area contributed by atoms with Crippen LogP contribution >= 0.6 is 0 Å². The summed E-state index contributed by atoms with van der Waals surface area (Å²) < 4.78 is 19.2. The largest absolute Gasteiger partial charge is 0.493 e. The molecule has 0 radical (unpaired) electrons. The van der Waals surface area contributed by atoms with Crippen LogP contribution in [0.5, 0.6) is 5.75 Å². The average Bonchev–Trinajstić information content (AvgIpc) is 2.73. The second kappa shape index (κ2) is 4.91. The Labute approximate surface area is 110 Å². The van der Waals surface area contributed by atoms with E-state index >= 15 is 0 Å². The smallest absolute Gasteiger partial charge is 0.145 e. The third kappa shape index (κ3) is 2.70. The molecule has 2 aromatic rings. The van der Waals surface area contributed by atoms with Gasteiger partial charge in [-0.2, -0.15) is 5.10 Å². The first-order chi connectivity index (χ1) is 9.20. The van der Waals surface area contributed by atoms with Crippen molar-refractivity contribution in [1.82, 2.24) is 10.2 Å². The van der Waals surface area contributed by atoms with Gasteiger partial charge in [0.1, 0.15) is 17.4 Å². The lowest BCUT2D eigenvalue weighted by molar-refractivity contribution is 0.180. The first kappa shape index (κ1) is 12.0. The number of anilines is 1. The zero-order valence-corrected chi connectivity index (χ0v) is 10.5. The van der Waals surface area contributed by atoms with E-state index < -0.39 is 0 Å². The molecule has 0 bridgehead atoms. The monoisotopic (exact) mass is 261 g/mol. The molecule has 0 atom stereocenters. The Kier molecular flexibility index (Phi) is 3.11. The van der Waals surface area contributed by atoms with Gasteiger partial charge in [0.05, 0.1) is 12.3 Å². The molecule has 3 rings (SSSR count). The Morgan fingerprint density at radius 3 is 2.79 bits per heavy atom. The van der Waals surface area contributed by atoms with Gasteiger partial charge >= 0.3 is 0 Å². The number of hydrogen-bond donors (Lipinski definition) is 2. The molecule has 0 amide bonds. The number of rotatable bonds is 4. The Bertz CT molecular complexity index is 578. The fourth-order valence-corrected chi connectivity index (χ4v) is 2.16. The van der Waals surface area contributed by atoms with Gasteiger partial charge in [0, 0.05) is 17.7 Å². The second-order valence-electron chi connectivity index (χ2n) is 4.99. The van der Waals surface area contributed by atoms with Crippen molar-refractivity contribution in [1.29, 1.82) is 0 Å². The predicted molar refractivity (Wildman–Crippen MR) is 71.2 cm³/mol. The maximum atomic E-state index is 13.6. The van der Waals surface area contributed by atoms with Gasteiger partial charge in [-0.3, -0.25) is 5.10 Å². The van der Waals surface area contributed by atoms with E-state index in [1.54, 1.807) is 12.1 Å². The van der Waals surface area contributed by atoms with E-state index in [0.29, 0.717) is 35.3 Å². The van der Waals surface area contributed by atoms with E-state index in [4.69, 9.17) is 10.5 Å². The number of halogens is 1. The van der Waals surface area contributed by atoms with Crippen molar-refractivity contribution in [3.8, 4) is 17.0 Å².